The van der Waals surface area contributed by atoms with Crippen molar-refractivity contribution in [1.29, 1.82) is 0 Å². The van der Waals surface area contributed by atoms with Crippen molar-refractivity contribution in [2.75, 3.05) is 18.8 Å². The van der Waals surface area contributed by atoms with Crippen molar-refractivity contribution in [2.45, 2.75) is 32.2 Å². The average molecular weight is 379 g/mol. The molecule has 26 heavy (non-hydrogen) atoms. The van der Waals surface area contributed by atoms with E-state index in [1.54, 1.807) is 12.2 Å². The van der Waals surface area contributed by atoms with Gasteiger partial charge in [0, 0.05) is 19.5 Å². The molecular weight excluding hydrogens is 354 g/mol. The molecule has 7 nitrogen and oxygen atoms in total. The molecule has 0 aliphatic carbocycles. The molecule has 1 aliphatic rings. The maximum absolute atomic E-state index is 12.3. The first-order valence-corrected chi connectivity index (χ1v) is 10.2. The number of allylic oxidation sites excluding steroid dienone is 1. The van der Waals surface area contributed by atoms with Gasteiger partial charge in [-0.05, 0) is 25.8 Å². The van der Waals surface area contributed by atoms with E-state index in [1.165, 1.54) is 4.90 Å². The zero-order valence-corrected chi connectivity index (χ0v) is 15.9. The molecule has 1 aromatic rings. The number of urea groups is 1. The number of hydrogen-bond donors (Lipinski definition) is 2. The molecule has 0 radical (unpaired) electrons. The minimum Gasteiger partial charge on any atom is -0.320 e. The van der Waals surface area contributed by atoms with Crippen LogP contribution in [0.25, 0.3) is 0 Å². The number of amides is 3. The van der Waals surface area contributed by atoms with E-state index in [-0.39, 0.29) is 18.1 Å². The maximum atomic E-state index is 12.3. The van der Waals surface area contributed by atoms with E-state index in [9.17, 15) is 18.0 Å². The number of sulfonamides is 1. The van der Waals surface area contributed by atoms with Crippen LogP contribution in [0.5, 0.6) is 0 Å². The molecular formula is C18H25N3O4S. The Kier molecular flexibility index (Phi) is 6.55. The van der Waals surface area contributed by atoms with Crippen LogP contribution in [0, 0.1) is 0 Å². The second kappa shape index (κ2) is 8.46. The topological polar surface area (TPSA) is 95.6 Å². The lowest BCUT2D eigenvalue weighted by atomic mass is 9.96. The predicted molar refractivity (Wildman–Crippen MR) is 99.9 cm³/mol. The van der Waals surface area contributed by atoms with Gasteiger partial charge in [0.25, 0.3) is 0 Å². The number of benzene rings is 1. The first-order valence-electron chi connectivity index (χ1n) is 8.50. The number of hydrogen-bond acceptors (Lipinski definition) is 4. The van der Waals surface area contributed by atoms with E-state index in [0.717, 1.165) is 5.56 Å². The van der Waals surface area contributed by atoms with E-state index in [4.69, 9.17) is 0 Å². The van der Waals surface area contributed by atoms with Crippen LogP contribution in [0.4, 0.5) is 4.79 Å². The highest BCUT2D eigenvalue weighted by Crippen LogP contribution is 2.20. The van der Waals surface area contributed by atoms with Gasteiger partial charge in [0.15, 0.2) is 0 Å². The molecule has 1 fully saturated rings. The van der Waals surface area contributed by atoms with Crippen LogP contribution in [0.1, 0.15) is 32.3 Å². The van der Waals surface area contributed by atoms with Gasteiger partial charge in [-0.2, -0.15) is 0 Å². The standard InChI is InChI=1S/C18H25N3O4S/c1-18(2,15-9-5-3-6-10-15)20-26(24,25)14-8-4-7-12-21-13-11-16(22)19-17(21)23/h3-7,9-10,20H,8,11-14H2,1-2H3,(H,19,22,23)/b7-4-. The zero-order chi connectivity index (χ0) is 19.2. The fourth-order valence-corrected chi connectivity index (χ4v) is 4.11. The van der Waals surface area contributed by atoms with Crippen molar-refractivity contribution in [3.05, 3.63) is 48.0 Å². The Hall–Kier alpha value is -2.19. The molecule has 1 heterocycles. The zero-order valence-electron chi connectivity index (χ0n) is 15.1. The van der Waals surface area contributed by atoms with Gasteiger partial charge in [-0.1, -0.05) is 42.5 Å². The number of imide groups is 1. The van der Waals surface area contributed by atoms with Crippen molar-refractivity contribution in [2.24, 2.45) is 0 Å². The Morgan fingerprint density at radius 1 is 1.19 bits per heavy atom. The second-order valence-corrected chi connectivity index (χ2v) is 8.56. The Bertz CT molecular complexity index is 773. The third-order valence-corrected chi connectivity index (χ3v) is 5.69. The summed E-state index contributed by atoms with van der Waals surface area (Å²) in [6.45, 7) is 4.38. The van der Waals surface area contributed by atoms with E-state index in [2.05, 4.69) is 10.0 Å². The summed E-state index contributed by atoms with van der Waals surface area (Å²) < 4.78 is 27.4. The van der Waals surface area contributed by atoms with Gasteiger partial charge < -0.3 is 4.90 Å². The number of nitrogens with one attached hydrogen (secondary N) is 2. The Morgan fingerprint density at radius 3 is 2.54 bits per heavy atom. The third-order valence-electron chi connectivity index (χ3n) is 4.09. The molecule has 2 N–H and O–H groups in total. The summed E-state index contributed by atoms with van der Waals surface area (Å²) in [6, 6.07) is 8.99. The van der Waals surface area contributed by atoms with Crippen molar-refractivity contribution in [3.8, 4) is 0 Å². The summed E-state index contributed by atoms with van der Waals surface area (Å²) in [5.74, 6) is -0.307. The predicted octanol–water partition coefficient (Wildman–Crippen LogP) is 1.73. The molecule has 2 rings (SSSR count). The highest BCUT2D eigenvalue weighted by Gasteiger charge is 2.26. The van der Waals surface area contributed by atoms with Gasteiger partial charge in [0.1, 0.15) is 0 Å². The summed E-state index contributed by atoms with van der Waals surface area (Å²) in [7, 11) is -3.45. The largest absolute Gasteiger partial charge is 0.324 e. The second-order valence-electron chi connectivity index (χ2n) is 6.72. The summed E-state index contributed by atoms with van der Waals surface area (Å²) >= 11 is 0. The number of rotatable bonds is 8. The molecule has 0 atom stereocenters. The number of nitrogens with zero attached hydrogens (tertiary/aromatic N) is 1. The minimum atomic E-state index is -3.45. The highest BCUT2D eigenvalue weighted by molar-refractivity contribution is 7.89. The molecule has 8 heteroatoms. The fraction of sp³-hybridized carbons (Fsp3) is 0.444. The molecule has 0 saturated carbocycles. The normalized spacial score (nSPS) is 16.2. The van der Waals surface area contributed by atoms with Crippen LogP contribution in [0.15, 0.2) is 42.5 Å². The first-order chi connectivity index (χ1) is 12.2. The molecule has 1 saturated heterocycles. The van der Waals surface area contributed by atoms with Crippen molar-refractivity contribution in [3.63, 3.8) is 0 Å². The lowest BCUT2D eigenvalue weighted by Crippen LogP contribution is -2.49. The summed E-state index contributed by atoms with van der Waals surface area (Å²) in [5.41, 5.74) is 0.201. The fourth-order valence-electron chi connectivity index (χ4n) is 2.67. The molecule has 1 aliphatic heterocycles. The van der Waals surface area contributed by atoms with Gasteiger partial charge in [-0.3, -0.25) is 10.1 Å². The number of carbonyl (C=O) groups is 2. The van der Waals surface area contributed by atoms with E-state index in [0.29, 0.717) is 19.5 Å². The van der Waals surface area contributed by atoms with Crippen molar-refractivity contribution >= 4 is 22.0 Å². The van der Waals surface area contributed by atoms with Crippen molar-refractivity contribution < 1.29 is 18.0 Å². The third kappa shape index (κ3) is 5.96. The van der Waals surface area contributed by atoms with Crippen LogP contribution < -0.4 is 10.0 Å². The number of carbonyl (C=O) groups excluding carboxylic acids is 2. The quantitative estimate of drug-likeness (QED) is 0.673. The lowest BCUT2D eigenvalue weighted by Gasteiger charge is -2.26. The van der Waals surface area contributed by atoms with Crippen LogP contribution in [-0.2, 0) is 20.4 Å². The highest BCUT2D eigenvalue weighted by atomic mass is 32.2. The lowest BCUT2D eigenvalue weighted by molar-refractivity contribution is -0.121. The van der Waals surface area contributed by atoms with Gasteiger partial charge in [0.05, 0.1) is 11.3 Å². The van der Waals surface area contributed by atoms with Crippen LogP contribution >= 0.6 is 0 Å². The minimum absolute atomic E-state index is 0.0373. The van der Waals surface area contributed by atoms with Crippen LogP contribution in [0.3, 0.4) is 0 Å². The van der Waals surface area contributed by atoms with Crippen LogP contribution in [0.2, 0.25) is 0 Å². The summed E-state index contributed by atoms with van der Waals surface area (Å²) in [6.07, 6.45) is 4.10. The molecule has 0 spiro atoms. The van der Waals surface area contributed by atoms with Gasteiger partial charge >= 0.3 is 6.03 Å². The SMILES string of the molecule is CC(C)(NS(=O)(=O)CC/C=C\CN1CCC(=O)NC1=O)c1ccccc1. The van der Waals surface area contributed by atoms with Gasteiger partial charge in [-0.15, -0.1) is 0 Å². The molecule has 142 valence electrons. The Labute approximate surface area is 154 Å². The van der Waals surface area contributed by atoms with E-state index < -0.39 is 21.6 Å². The Balaban J connectivity index is 1.81. The van der Waals surface area contributed by atoms with Crippen molar-refractivity contribution in [1.82, 2.24) is 14.9 Å². The molecule has 0 aromatic heterocycles. The molecule has 1 aromatic carbocycles. The smallest absolute Gasteiger partial charge is 0.320 e. The van der Waals surface area contributed by atoms with Gasteiger partial charge in [0.2, 0.25) is 15.9 Å². The molecule has 0 bridgehead atoms. The van der Waals surface area contributed by atoms with E-state index in [1.807, 2.05) is 44.2 Å². The van der Waals surface area contributed by atoms with Crippen LogP contribution in [-0.4, -0.2) is 44.1 Å². The first kappa shape index (κ1) is 20.1. The monoisotopic (exact) mass is 379 g/mol. The van der Waals surface area contributed by atoms with Gasteiger partial charge in [-0.25, -0.2) is 17.9 Å². The average Bonchev–Trinajstić information content (AvgIpc) is 2.56. The van der Waals surface area contributed by atoms with E-state index >= 15 is 0 Å². The summed E-state index contributed by atoms with van der Waals surface area (Å²) in [4.78, 5) is 24.1. The maximum Gasteiger partial charge on any atom is 0.324 e. The molecule has 3 amide bonds. The molecule has 0 unspecified atom stereocenters. The Morgan fingerprint density at radius 2 is 1.88 bits per heavy atom. The summed E-state index contributed by atoms with van der Waals surface area (Å²) in [5, 5.41) is 2.24.